The van der Waals surface area contributed by atoms with Crippen LogP contribution >= 0.6 is 0 Å². The summed E-state index contributed by atoms with van der Waals surface area (Å²) in [6.07, 6.45) is 7.52. The van der Waals surface area contributed by atoms with Gasteiger partial charge in [-0.25, -0.2) is 15.8 Å². The van der Waals surface area contributed by atoms with Gasteiger partial charge in [0.05, 0.1) is 12.4 Å². The number of aromatic nitrogens is 2. The summed E-state index contributed by atoms with van der Waals surface area (Å²) >= 11 is 0. The fourth-order valence-electron chi connectivity index (χ4n) is 2.29. The van der Waals surface area contributed by atoms with E-state index in [9.17, 15) is 4.79 Å². The summed E-state index contributed by atoms with van der Waals surface area (Å²) in [5, 5.41) is 3.03. The van der Waals surface area contributed by atoms with Crippen molar-refractivity contribution in [3.63, 3.8) is 0 Å². The minimum atomic E-state index is -0.162. The first-order valence-electron chi connectivity index (χ1n) is 6.30. The lowest BCUT2D eigenvalue weighted by Gasteiger charge is -2.29. The highest BCUT2D eigenvalue weighted by Crippen LogP contribution is 2.23. The van der Waals surface area contributed by atoms with Gasteiger partial charge >= 0.3 is 0 Å². The van der Waals surface area contributed by atoms with Crippen LogP contribution in [0.15, 0.2) is 12.4 Å². The lowest BCUT2D eigenvalue weighted by Crippen LogP contribution is -2.41. The average molecular weight is 249 g/mol. The molecule has 1 saturated carbocycles. The first kappa shape index (κ1) is 12.8. The molecule has 0 saturated heterocycles. The molecule has 0 aliphatic heterocycles. The van der Waals surface area contributed by atoms with Gasteiger partial charge in [0, 0.05) is 6.04 Å². The predicted octanol–water partition coefficient (Wildman–Crippen LogP) is 1.07. The molecule has 1 aliphatic carbocycles. The topological polar surface area (TPSA) is 92.9 Å². The maximum absolute atomic E-state index is 12.0. The number of nitrogens with two attached hydrogens (primary N) is 1. The molecule has 1 fully saturated rings. The van der Waals surface area contributed by atoms with Gasteiger partial charge in [0.1, 0.15) is 5.69 Å². The zero-order chi connectivity index (χ0) is 13.0. The summed E-state index contributed by atoms with van der Waals surface area (Å²) in [5.41, 5.74) is 2.70. The monoisotopic (exact) mass is 249 g/mol. The predicted molar refractivity (Wildman–Crippen MR) is 68.7 cm³/mol. The highest BCUT2D eigenvalue weighted by molar-refractivity contribution is 5.92. The molecule has 1 aliphatic rings. The number of carbonyl (C=O) groups is 1. The number of nitrogens with one attached hydrogen (secondary N) is 2. The second kappa shape index (κ2) is 5.77. The second-order valence-electron chi connectivity index (χ2n) is 4.77. The van der Waals surface area contributed by atoms with Crippen molar-refractivity contribution in [3.8, 4) is 0 Å². The Hall–Kier alpha value is -1.69. The van der Waals surface area contributed by atoms with Gasteiger partial charge in [0.15, 0.2) is 5.82 Å². The Morgan fingerprint density at radius 3 is 2.72 bits per heavy atom. The van der Waals surface area contributed by atoms with Gasteiger partial charge in [0.25, 0.3) is 5.91 Å². The number of nitrogen functional groups attached to an aromatic ring is 1. The maximum Gasteiger partial charge on any atom is 0.271 e. The SMILES string of the molecule is CC1CCCCC1NC(=O)c1cnc(NN)cn1. The summed E-state index contributed by atoms with van der Waals surface area (Å²) in [5.74, 6) is 6.00. The zero-order valence-electron chi connectivity index (χ0n) is 10.5. The molecule has 6 nitrogen and oxygen atoms in total. The highest BCUT2D eigenvalue weighted by Gasteiger charge is 2.23. The molecular formula is C12H19N5O. The molecule has 0 aromatic carbocycles. The van der Waals surface area contributed by atoms with Gasteiger partial charge < -0.3 is 10.7 Å². The molecule has 6 heteroatoms. The van der Waals surface area contributed by atoms with Crippen LogP contribution in [0.1, 0.15) is 43.1 Å². The Balaban J connectivity index is 1.97. The molecule has 0 spiro atoms. The van der Waals surface area contributed by atoms with Gasteiger partial charge in [-0.1, -0.05) is 19.8 Å². The first-order chi connectivity index (χ1) is 8.70. The van der Waals surface area contributed by atoms with Crippen LogP contribution in [0, 0.1) is 5.92 Å². The fourth-order valence-corrected chi connectivity index (χ4v) is 2.29. The number of nitrogens with zero attached hydrogens (tertiary/aromatic N) is 2. The standard InChI is InChI=1S/C12H19N5O/c1-8-4-2-3-5-9(8)16-12(18)10-6-15-11(17-13)7-14-10/h6-9H,2-5,13H2,1H3,(H,15,17)(H,16,18). The number of hydrogen-bond donors (Lipinski definition) is 3. The molecule has 98 valence electrons. The van der Waals surface area contributed by atoms with Crippen LogP contribution in [0.5, 0.6) is 0 Å². The van der Waals surface area contributed by atoms with E-state index in [-0.39, 0.29) is 11.9 Å². The van der Waals surface area contributed by atoms with E-state index in [0.717, 1.165) is 6.42 Å². The number of rotatable bonds is 3. The molecule has 4 N–H and O–H groups in total. The molecule has 1 aromatic heterocycles. The molecule has 0 bridgehead atoms. The number of hydrazine groups is 1. The van der Waals surface area contributed by atoms with Crippen LogP contribution in [0.3, 0.4) is 0 Å². The molecule has 1 heterocycles. The van der Waals surface area contributed by atoms with E-state index < -0.39 is 0 Å². The van der Waals surface area contributed by atoms with Crippen molar-refractivity contribution in [1.82, 2.24) is 15.3 Å². The maximum atomic E-state index is 12.0. The summed E-state index contributed by atoms with van der Waals surface area (Å²) < 4.78 is 0. The quantitative estimate of drug-likeness (QED) is 0.550. The van der Waals surface area contributed by atoms with Crippen molar-refractivity contribution >= 4 is 11.7 Å². The van der Waals surface area contributed by atoms with Crippen molar-refractivity contribution in [1.29, 1.82) is 0 Å². The van der Waals surface area contributed by atoms with E-state index >= 15 is 0 Å². The van der Waals surface area contributed by atoms with E-state index in [4.69, 9.17) is 5.84 Å². The van der Waals surface area contributed by atoms with Crippen LogP contribution in [0.25, 0.3) is 0 Å². The van der Waals surface area contributed by atoms with Crippen molar-refractivity contribution < 1.29 is 4.79 Å². The third kappa shape index (κ3) is 2.95. The molecule has 2 atom stereocenters. The van der Waals surface area contributed by atoms with E-state index in [0.29, 0.717) is 17.4 Å². The van der Waals surface area contributed by atoms with Gasteiger partial charge in [-0.2, -0.15) is 0 Å². The fraction of sp³-hybridized carbons (Fsp3) is 0.583. The van der Waals surface area contributed by atoms with Crippen molar-refractivity contribution in [2.45, 2.75) is 38.6 Å². The summed E-state index contributed by atoms with van der Waals surface area (Å²) in [6, 6.07) is 0.250. The molecule has 2 unspecified atom stereocenters. The molecule has 1 aromatic rings. The third-order valence-electron chi connectivity index (χ3n) is 3.46. The minimum Gasteiger partial charge on any atom is -0.348 e. The molecular weight excluding hydrogens is 230 g/mol. The Morgan fingerprint density at radius 2 is 2.11 bits per heavy atom. The van der Waals surface area contributed by atoms with E-state index in [1.807, 2.05) is 0 Å². The molecule has 2 rings (SSSR count). The van der Waals surface area contributed by atoms with Gasteiger partial charge in [-0.3, -0.25) is 4.79 Å². The van der Waals surface area contributed by atoms with E-state index in [1.54, 1.807) is 0 Å². The number of carbonyl (C=O) groups excluding carboxylic acids is 1. The number of amides is 1. The summed E-state index contributed by atoms with van der Waals surface area (Å²) in [4.78, 5) is 20.0. The Bertz CT molecular complexity index is 405. The van der Waals surface area contributed by atoms with Crippen molar-refractivity contribution in [2.24, 2.45) is 11.8 Å². The van der Waals surface area contributed by atoms with Crippen molar-refractivity contribution in [2.75, 3.05) is 5.43 Å². The molecule has 0 radical (unpaired) electrons. The smallest absolute Gasteiger partial charge is 0.271 e. The van der Waals surface area contributed by atoms with Gasteiger partial charge in [-0.15, -0.1) is 0 Å². The zero-order valence-corrected chi connectivity index (χ0v) is 10.5. The molecule has 1 amide bonds. The lowest BCUT2D eigenvalue weighted by atomic mass is 9.86. The summed E-state index contributed by atoms with van der Waals surface area (Å²) in [6.45, 7) is 2.18. The van der Waals surface area contributed by atoms with Crippen molar-refractivity contribution in [3.05, 3.63) is 18.1 Å². The highest BCUT2D eigenvalue weighted by atomic mass is 16.1. The first-order valence-corrected chi connectivity index (χ1v) is 6.30. The normalized spacial score (nSPS) is 23.4. The Kier molecular flexibility index (Phi) is 4.09. The average Bonchev–Trinajstić information content (AvgIpc) is 2.41. The van der Waals surface area contributed by atoms with Crippen LogP contribution in [0.2, 0.25) is 0 Å². The van der Waals surface area contributed by atoms with Crippen LogP contribution in [-0.4, -0.2) is 21.9 Å². The number of hydrogen-bond acceptors (Lipinski definition) is 5. The minimum absolute atomic E-state index is 0.162. The Morgan fingerprint density at radius 1 is 1.33 bits per heavy atom. The van der Waals surface area contributed by atoms with Crippen LogP contribution in [-0.2, 0) is 0 Å². The van der Waals surface area contributed by atoms with Crippen LogP contribution in [0.4, 0.5) is 5.82 Å². The largest absolute Gasteiger partial charge is 0.348 e. The molecule has 18 heavy (non-hydrogen) atoms. The van der Waals surface area contributed by atoms with E-state index in [1.165, 1.54) is 31.7 Å². The lowest BCUT2D eigenvalue weighted by molar-refractivity contribution is 0.0905. The van der Waals surface area contributed by atoms with E-state index in [2.05, 4.69) is 27.6 Å². The number of anilines is 1. The third-order valence-corrected chi connectivity index (χ3v) is 3.46. The van der Waals surface area contributed by atoms with Crippen LogP contribution < -0.4 is 16.6 Å². The second-order valence-corrected chi connectivity index (χ2v) is 4.77. The van der Waals surface area contributed by atoms with Gasteiger partial charge in [-0.05, 0) is 18.8 Å². The summed E-state index contributed by atoms with van der Waals surface area (Å²) in [7, 11) is 0. The Labute approximate surface area is 106 Å². The van der Waals surface area contributed by atoms with Gasteiger partial charge in [0.2, 0.25) is 0 Å².